The van der Waals surface area contributed by atoms with Gasteiger partial charge in [0.05, 0.1) is 26.9 Å². The second kappa shape index (κ2) is 6.53. The fraction of sp³-hybridized carbons (Fsp3) is 0.385. The molecular weight excluding hydrogens is 278 g/mol. The van der Waals surface area contributed by atoms with E-state index in [4.69, 9.17) is 19.9 Å². The molecule has 2 rings (SSSR count). The summed E-state index contributed by atoms with van der Waals surface area (Å²) in [7, 11) is 4.78. The zero-order chi connectivity index (χ0) is 14.5. The van der Waals surface area contributed by atoms with E-state index in [9.17, 15) is 0 Å². The number of hydrogen-bond acceptors (Lipinski definition) is 7. The molecule has 0 saturated carbocycles. The van der Waals surface area contributed by atoms with E-state index in [2.05, 4.69) is 10.2 Å². The molecular formula is C13H17N3O3S. The lowest BCUT2D eigenvalue weighted by atomic mass is 10.2. The number of ether oxygens (including phenoxy) is 3. The highest BCUT2D eigenvalue weighted by Gasteiger charge is 2.16. The maximum Gasteiger partial charge on any atom is 0.164 e. The van der Waals surface area contributed by atoms with Crippen LogP contribution in [0.15, 0.2) is 12.1 Å². The summed E-state index contributed by atoms with van der Waals surface area (Å²) in [5.41, 5.74) is 6.35. The van der Waals surface area contributed by atoms with Gasteiger partial charge in [-0.1, -0.05) is 11.3 Å². The fourth-order valence-corrected chi connectivity index (χ4v) is 2.66. The van der Waals surface area contributed by atoms with Crippen molar-refractivity contribution in [1.82, 2.24) is 10.2 Å². The smallest absolute Gasteiger partial charge is 0.164 e. The predicted molar refractivity (Wildman–Crippen MR) is 77.8 cm³/mol. The van der Waals surface area contributed by atoms with Gasteiger partial charge in [0.15, 0.2) is 16.5 Å². The number of rotatable bonds is 6. The highest BCUT2D eigenvalue weighted by molar-refractivity contribution is 7.14. The molecule has 2 aromatic rings. The minimum atomic E-state index is 0.553. The van der Waals surface area contributed by atoms with Gasteiger partial charge in [-0.3, -0.25) is 0 Å². The first-order chi connectivity index (χ1) is 9.73. The molecule has 0 aliphatic heterocycles. The van der Waals surface area contributed by atoms with Gasteiger partial charge < -0.3 is 19.9 Å². The van der Waals surface area contributed by atoms with E-state index in [1.165, 1.54) is 11.3 Å². The first kappa shape index (κ1) is 14.5. The average molecular weight is 295 g/mol. The van der Waals surface area contributed by atoms with Gasteiger partial charge in [-0.05, 0) is 12.6 Å². The molecule has 0 aliphatic rings. The average Bonchev–Trinajstić information content (AvgIpc) is 2.94. The zero-order valence-electron chi connectivity index (χ0n) is 11.7. The molecule has 20 heavy (non-hydrogen) atoms. The second-order valence-corrected chi connectivity index (χ2v) is 5.01. The Morgan fingerprint density at radius 1 is 1.00 bits per heavy atom. The summed E-state index contributed by atoms with van der Waals surface area (Å²) in [6.07, 6.45) is 0.716. The zero-order valence-corrected chi connectivity index (χ0v) is 12.5. The molecule has 0 spiro atoms. The third-order valence-corrected chi connectivity index (χ3v) is 3.78. The van der Waals surface area contributed by atoms with Gasteiger partial charge >= 0.3 is 0 Å². The predicted octanol–water partition coefficient (Wildman–Crippen LogP) is 1.73. The molecule has 2 N–H and O–H groups in total. The molecule has 0 saturated heterocycles. The Balaban J connectivity index is 2.47. The summed E-state index contributed by atoms with van der Waals surface area (Å²) < 4.78 is 16.0. The Labute approximate surface area is 121 Å². The molecule has 1 heterocycles. The van der Waals surface area contributed by atoms with Crippen LogP contribution in [0.1, 0.15) is 5.01 Å². The van der Waals surface area contributed by atoms with Crippen molar-refractivity contribution in [2.75, 3.05) is 27.9 Å². The normalized spacial score (nSPS) is 10.4. The molecule has 0 aliphatic carbocycles. The van der Waals surface area contributed by atoms with Gasteiger partial charge in [-0.2, -0.15) is 0 Å². The van der Waals surface area contributed by atoms with Crippen molar-refractivity contribution >= 4 is 11.3 Å². The Hall–Kier alpha value is -1.86. The first-order valence-corrected chi connectivity index (χ1v) is 6.88. The minimum Gasteiger partial charge on any atom is -0.496 e. The molecule has 108 valence electrons. The standard InChI is InChI=1S/C13H17N3O3S/c1-17-9-7-11(19-3)10(18-2)6-8(9)13-16-15-12(20-13)4-5-14/h6-7H,4-5,14H2,1-3H3. The van der Waals surface area contributed by atoms with Crippen molar-refractivity contribution in [3.05, 3.63) is 17.1 Å². The van der Waals surface area contributed by atoms with Gasteiger partial charge in [0, 0.05) is 12.5 Å². The van der Waals surface area contributed by atoms with Crippen LogP contribution in [0.25, 0.3) is 10.6 Å². The SMILES string of the molecule is COc1cc(OC)c(-c2nnc(CCN)s2)cc1OC. The van der Waals surface area contributed by atoms with Crippen LogP contribution >= 0.6 is 11.3 Å². The summed E-state index contributed by atoms with van der Waals surface area (Å²) >= 11 is 1.49. The number of nitrogens with two attached hydrogens (primary N) is 1. The third kappa shape index (κ3) is 2.83. The first-order valence-electron chi connectivity index (χ1n) is 6.06. The fourth-order valence-electron chi connectivity index (χ4n) is 1.78. The van der Waals surface area contributed by atoms with Crippen LogP contribution in [0.2, 0.25) is 0 Å². The number of benzene rings is 1. The van der Waals surface area contributed by atoms with E-state index in [1.807, 2.05) is 6.07 Å². The quantitative estimate of drug-likeness (QED) is 0.874. The van der Waals surface area contributed by atoms with Gasteiger partial charge in [-0.15, -0.1) is 10.2 Å². The van der Waals surface area contributed by atoms with Gasteiger partial charge in [0.2, 0.25) is 0 Å². The van der Waals surface area contributed by atoms with Crippen LogP contribution in [-0.2, 0) is 6.42 Å². The van der Waals surface area contributed by atoms with Crippen LogP contribution in [0, 0.1) is 0 Å². The highest BCUT2D eigenvalue weighted by atomic mass is 32.1. The van der Waals surface area contributed by atoms with Gasteiger partial charge in [0.25, 0.3) is 0 Å². The summed E-state index contributed by atoms with van der Waals surface area (Å²) in [6, 6.07) is 3.61. The number of nitrogens with zero attached hydrogens (tertiary/aromatic N) is 2. The van der Waals surface area contributed by atoms with E-state index in [0.29, 0.717) is 30.2 Å². The maximum atomic E-state index is 5.53. The Kier molecular flexibility index (Phi) is 4.75. The topological polar surface area (TPSA) is 79.5 Å². The molecule has 6 nitrogen and oxygen atoms in total. The van der Waals surface area contributed by atoms with Crippen molar-refractivity contribution < 1.29 is 14.2 Å². The highest BCUT2D eigenvalue weighted by Crippen LogP contribution is 2.40. The number of methoxy groups -OCH3 is 3. The summed E-state index contributed by atoms with van der Waals surface area (Å²) in [5, 5.41) is 9.97. The summed E-state index contributed by atoms with van der Waals surface area (Å²) in [4.78, 5) is 0. The second-order valence-electron chi connectivity index (χ2n) is 3.95. The molecule has 0 atom stereocenters. The number of hydrogen-bond donors (Lipinski definition) is 1. The van der Waals surface area contributed by atoms with E-state index in [1.54, 1.807) is 27.4 Å². The van der Waals surface area contributed by atoms with Gasteiger partial charge in [0.1, 0.15) is 10.8 Å². The van der Waals surface area contributed by atoms with Crippen LogP contribution in [0.3, 0.4) is 0 Å². The summed E-state index contributed by atoms with van der Waals surface area (Å²) in [5.74, 6) is 1.90. The molecule has 0 unspecified atom stereocenters. The van der Waals surface area contributed by atoms with E-state index >= 15 is 0 Å². The Morgan fingerprint density at radius 3 is 2.25 bits per heavy atom. The van der Waals surface area contributed by atoms with E-state index in [0.717, 1.165) is 15.6 Å². The molecule has 1 aromatic carbocycles. The lowest BCUT2D eigenvalue weighted by Gasteiger charge is -2.12. The molecule has 0 bridgehead atoms. The molecule has 1 aromatic heterocycles. The van der Waals surface area contributed by atoms with E-state index in [-0.39, 0.29) is 0 Å². The largest absolute Gasteiger partial charge is 0.496 e. The summed E-state index contributed by atoms with van der Waals surface area (Å²) in [6.45, 7) is 0.553. The van der Waals surface area contributed by atoms with Gasteiger partial charge in [-0.25, -0.2) is 0 Å². The minimum absolute atomic E-state index is 0.553. The van der Waals surface area contributed by atoms with Crippen LogP contribution < -0.4 is 19.9 Å². The van der Waals surface area contributed by atoms with Crippen LogP contribution in [0.5, 0.6) is 17.2 Å². The van der Waals surface area contributed by atoms with Crippen molar-refractivity contribution in [2.24, 2.45) is 5.73 Å². The monoisotopic (exact) mass is 295 g/mol. The van der Waals surface area contributed by atoms with Crippen molar-refractivity contribution in [3.63, 3.8) is 0 Å². The van der Waals surface area contributed by atoms with Crippen LogP contribution in [-0.4, -0.2) is 38.1 Å². The van der Waals surface area contributed by atoms with E-state index < -0.39 is 0 Å². The molecule has 0 amide bonds. The lowest BCUT2D eigenvalue weighted by Crippen LogP contribution is -2.01. The lowest BCUT2D eigenvalue weighted by molar-refractivity contribution is 0.349. The Morgan fingerprint density at radius 2 is 1.65 bits per heavy atom. The van der Waals surface area contributed by atoms with Crippen molar-refractivity contribution in [3.8, 4) is 27.8 Å². The maximum absolute atomic E-state index is 5.53. The molecule has 0 radical (unpaired) electrons. The number of aromatic nitrogens is 2. The Bertz CT molecular complexity index is 586. The van der Waals surface area contributed by atoms with Crippen LogP contribution in [0.4, 0.5) is 0 Å². The molecule has 7 heteroatoms. The molecule has 0 fully saturated rings. The van der Waals surface area contributed by atoms with Crippen molar-refractivity contribution in [1.29, 1.82) is 0 Å². The third-order valence-electron chi connectivity index (χ3n) is 2.76. The van der Waals surface area contributed by atoms with Crippen molar-refractivity contribution in [2.45, 2.75) is 6.42 Å².